The van der Waals surface area contributed by atoms with Gasteiger partial charge in [0.15, 0.2) is 10.6 Å². The van der Waals surface area contributed by atoms with Crippen molar-refractivity contribution >= 4 is 40.5 Å². The Morgan fingerprint density at radius 3 is 2.35 bits per heavy atom. The van der Waals surface area contributed by atoms with Crippen molar-refractivity contribution < 1.29 is 41.9 Å². The van der Waals surface area contributed by atoms with Crippen molar-refractivity contribution in [3.8, 4) is 16.9 Å². The third-order valence-corrected chi connectivity index (χ3v) is 11.0. The number of rotatable bonds is 18. The molecule has 5 rings (SSSR count). The summed E-state index contributed by atoms with van der Waals surface area (Å²) in [5.41, 5.74) is 3.65. The average Bonchev–Trinajstić information content (AvgIpc) is 3.57. The molecule has 14 heteroatoms. The molecule has 1 aliphatic rings. The van der Waals surface area contributed by atoms with Gasteiger partial charge < -0.3 is 33.9 Å². The fourth-order valence-corrected chi connectivity index (χ4v) is 7.63. The van der Waals surface area contributed by atoms with Gasteiger partial charge in [0.1, 0.15) is 12.4 Å². The number of alkyl halides is 3. The van der Waals surface area contributed by atoms with Crippen LogP contribution in [-0.2, 0) is 44.0 Å². The minimum atomic E-state index is -4.62. The molecule has 0 fully saturated rings. The number of amides is 1. The van der Waals surface area contributed by atoms with Crippen LogP contribution < -0.4 is 15.0 Å². The number of anilines is 2. The fraction of sp³-hybridized carbons (Fsp3) is 0.419. The molecule has 1 aliphatic heterocycles. The number of fused-ring (bicyclic) bond motifs is 1. The molecular weight excluding hydrogens is 758 g/mol. The van der Waals surface area contributed by atoms with Gasteiger partial charge in [0, 0.05) is 43.2 Å². The highest BCUT2D eigenvalue weighted by Gasteiger charge is 2.38. The third-order valence-electron chi connectivity index (χ3n) is 9.65. The Balaban J connectivity index is 1.34. The quantitative estimate of drug-likeness (QED) is 0.0753. The number of nitrogens with one attached hydrogen (secondary N) is 1. The van der Waals surface area contributed by atoms with E-state index in [4.69, 9.17) is 9.47 Å². The second kappa shape index (κ2) is 19.6. The Bertz CT molecular complexity index is 2000. The van der Waals surface area contributed by atoms with Crippen LogP contribution in [0.1, 0.15) is 76.9 Å². The highest BCUT2D eigenvalue weighted by atomic mass is 32.2. The number of halogens is 3. The zero-order valence-corrected chi connectivity index (χ0v) is 33.7. The van der Waals surface area contributed by atoms with Crippen LogP contribution in [0.3, 0.4) is 0 Å². The van der Waals surface area contributed by atoms with Crippen molar-refractivity contribution in [2.24, 2.45) is 5.41 Å². The summed E-state index contributed by atoms with van der Waals surface area (Å²) in [5.74, 6) is -1.64. The van der Waals surface area contributed by atoms with Gasteiger partial charge in [0.05, 0.1) is 23.9 Å². The number of hydrogen-bond donors (Lipinski definition) is 2. The number of ether oxygens (including phenoxy) is 2. The van der Waals surface area contributed by atoms with Crippen LogP contribution in [0.4, 0.5) is 24.5 Å². The smallest absolute Gasteiger partial charge is 0.449 e. The lowest BCUT2D eigenvalue weighted by molar-refractivity contribution is -0.147. The molecule has 0 spiro atoms. The summed E-state index contributed by atoms with van der Waals surface area (Å²) >= 11 is -1.66. The summed E-state index contributed by atoms with van der Waals surface area (Å²) < 4.78 is 66.2. The van der Waals surface area contributed by atoms with Crippen molar-refractivity contribution in [3.05, 3.63) is 95.6 Å². The van der Waals surface area contributed by atoms with Gasteiger partial charge in [0.2, 0.25) is 5.82 Å². The van der Waals surface area contributed by atoms with Gasteiger partial charge in [-0.2, -0.15) is 13.2 Å². The molecule has 2 heterocycles. The van der Waals surface area contributed by atoms with Gasteiger partial charge in [-0.25, -0.2) is 4.98 Å². The number of carboxylic acid groups (broad SMARTS) is 1. The van der Waals surface area contributed by atoms with Crippen molar-refractivity contribution in [2.75, 3.05) is 43.1 Å². The highest BCUT2D eigenvalue weighted by molar-refractivity contribution is 7.90. The molecule has 3 aromatic carbocycles. The molecule has 2 N–H and O–H groups in total. The lowest BCUT2D eigenvalue weighted by Gasteiger charge is -2.34. The molecule has 10 nitrogen and oxygen atoms in total. The number of benzene rings is 3. The molecule has 1 atom stereocenters. The molecule has 306 valence electrons. The number of aliphatic carboxylic acids is 1. The zero-order valence-electron chi connectivity index (χ0n) is 32.9. The predicted molar refractivity (Wildman–Crippen MR) is 217 cm³/mol. The van der Waals surface area contributed by atoms with Gasteiger partial charge in [-0.15, -0.1) is 0 Å². The van der Waals surface area contributed by atoms with Gasteiger partial charge in [-0.1, -0.05) is 38.5 Å². The lowest BCUT2D eigenvalue weighted by atomic mass is 9.91. The van der Waals surface area contributed by atoms with Crippen LogP contribution >= 0.6 is 0 Å². The van der Waals surface area contributed by atoms with Crippen LogP contribution in [0.5, 0.6) is 5.75 Å². The van der Waals surface area contributed by atoms with Crippen molar-refractivity contribution in [1.29, 1.82) is 0 Å². The molecule has 0 saturated heterocycles. The van der Waals surface area contributed by atoms with Crippen LogP contribution in [0.15, 0.2) is 83.4 Å². The summed E-state index contributed by atoms with van der Waals surface area (Å²) in [7, 11) is 0. The number of carbonyl (C=O) groups excluding carboxylic acids is 1. The molecule has 1 aromatic heterocycles. The van der Waals surface area contributed by atoms with E-state index in [9.17, 15) is 32.4 Å². The van der Waals surface area contributed by atoms with Crippen molar-refractivity contribution in [2.45, 2.75) is 83.2 Å². The first kappa shape index (κ1) is 43.3. The Hall–Kier alpha value is -4.79. The third kappa shape index (κ3) is 11.6. The Morgan fingerprint density at radius 2 is 1.68 bits per heavy atom. The van der Waals surface area contributed by atoms with E-state index in [0.29, 0.717) is 61.8 Å². The summed E-state index contributed by atoms with van der Waals surface area (Å²) in [6, 6.07) is 20.1. The molecular formula is C43H51F3N4O6S. The standard InChI is InChI=1S/C43H51F3N4O6S/c1-5-7-22-55-23-24-56-36-15-10-30(11-16-36)31-12-19-38-33(25-31)26-32(9-8-21-49(38)29-42(3,4)41(52)53)39(51)48-34-13-17-37(18-14-34)57(54)28-35-27-47-40(43(44,45)46)50(35)20-6-2/h10-19,25-27H,5-9,20-24,28-29H2,1-4H3,(H,48,51)(H,52,53)/b32-26+/t57-/m0/s1. The van der Waals surface area contributed by atoms with Crippen molar-refractivity contribution in [3.63, 3.8) is 0 Å². The molecule has 4 aromatic rings. The Labute approximate surface area is 335 Å². The fourth-order valence-electron chi connectivity index (χ4n) is 6.52. The van der Waals surface area contributed by atoms with Crippen LogP contribution in [0, 0.1) is 5.41 Å². The second-order valence-electron chi connectivity index (χ2n) is 14.7. The monoisotopic (exact) mass is 808 g/mol. The maximum Gasteiger partial charge on any atom is 0.449 e. The van der Waals surface area contributed by atoms with Gasteiger partial charge in [-0.05, 0) is 122 Å². The van der Waals surface area contributed by atoms with Gasteiger partial charge >= 0.3 is 12.1 Å². The number of aromatic nitrogens is 2. The van der Waals surface area contributed by atoms with E-state index in [-0.39, 0.29) is 30.4 Å². The van der Waals surface area contributed by atoms with E-state index in [2.05, 4.69) is 22.1 Å². The van der Waals surface area contributed by atoms with E-state index >= 15 is 0 Å². The summed E-state index contributed by atoms with van der Waals surface area (Å²) in [6.07, 6.45) is 1.94. The molecule has 0 radical (unpaired) electrons. The summed E-state index contributed by atoms with van der Waals surface area (Å²) in [6.45, 7) is 9.86. The van der Waals surface area contributed by atoms with Crippen LogP contribution in [0.25, 0.3) is 17.2 Å². The molecule has 0 aliphatic carbocycles. The van der Waals surface area contributed by atoms with E-state index in [1.807, 2.05) is 48.5 Å². The van der Waals surface area contributed by atoms with E-state index < -0.39 is 34.6 Å². The highest BCUT2D eigenvalue weighted by Crippen LogP contribution is 2.35. The molecule has 0 saturated carbocycles. The first-order chi connectivity index (χ1) is 27.2. The predicted octanol–water partition coefficient (Wildman–Crippen LogP) is 9.22. The maximum atomic E-state index is 13.8. The number of imidazole rings is 1. The number of unbranched alkanes of at least 4 members (excludes halogenated alkanes) is 1. The largest absolute Gasteiger partial charge is 0.611 e. The summed E-state index contributed by atoms with van der Waals surface area (Å²) in [5, 5.41) is 12.9. The Kier molecular flexibility index (Phi) is 14.9. The Morgan fingerprint density at radius 1 is 0.965 bits per heavy atom. The maximum absolute atomic E-state index is 13.8. The van der Waals surface area contributed by atoms with Crippen LogP contribution in [-0.4, -0.2) is 64.0 Å². The van der Waals surface area contributed by atoms with E-state index in [1.165, 1.54) is 0 Å². The normalized spacial score (nSPS) is 14.9. The molecule has 0 unspecified atom stereocenters. The lowest BCUT2D eigenvalue weighted by Crippen LogP contribution is -2.40. The van der Waals surface area contributed by atoms with Gasteiger partial charge in [-0.3, -0.25) is 9.59 Å². The second-order valence-corrected chi connectivity index (χ2v) is 16.1. The van der Waals surface area contributed by atoms with Gasteiger partial charge in [0.25, 0.3) is 5.91 Å². The number of carboxylic acids is 1. The van der Waals surface area contributed by atoms with Crippen LogP contribution in [0.2, 0.25) is 0 Å². The molecule has 57 heavy (non-hydrogen) atoms. The first-order valence-corrected chi connectivity index (χ1v) is 20.6. The van der Waals surface area contributed by atoms with E-state index in [0.717, 1.165) is 51.7 Å². The SMILES string of the molecule is CCCCOCCOc1ccc(-c2ccc3c(c2)/C=C(/C(=O)Nc2ccc([S@@+]([O-])Cc4cnc(C(F)(F)F)n4CCC)cc2)CCCN3CC(C)(C)C(=O)O)cc1. The van der Waals surface area contributed by atoms with Crippen molar-refractivity contribution in [1.82, 2.24) is 9.55 Å². The summed E-state index contributed by atoms with van der Waals surface area (Å²) in [4.78, 5) is 31.9. The first-order valence-electron chi connectivity index (χ1n) is 19.3. The number of carbonyl (C=O) groups is 2. The number of nitrogens with zero attached hydrogens (tertiary/aromatic N) is 3. The molecule has 0 bridgehead atoms. The zero-order chi connectivity index (χ0) is 41.2. The average molecular weight is 809 g/mol. The van der Waals surface area contributed by atoms with E-state index in [1.54, 1.807) is 45.0 Å². The number of hydrogen-bond acceptors (Lipinski definition) is 7. The minimum absolute atomic E-state index is 0.102. The minimum Gasteiger partial charge on any atom is -0.611 e. The topological polar surface area (TPSA) is 129 Å². The molecule has 1 amide bonds.